The molecule has 0 saturated heterocycles. The molecule has 0 aliphatic rings. The molecule has 0 atom stereocenters. The van der Waals surface area contributed by atoms with E-state index in [1.807, 2.05) is 0 Å². The number of rotatable bonds is 8. The average Bonchev–Trinajstić information content (AvgIpc) is 2.60. The summed E-state index contributed by atoms with van der Waals surface area (Å²) in [5.41, 5.74) is 1.57. The van der Waals surface area contributed by atoms with E-state index < -0.39 is 22.4 Å². The third kappa shape index (κ3) is 5.66. The number of amides is 1. The van der Waals surface area contributed by atoms with E-state index in [1.165, 1.54) is 31.4 Å². The number of ether oxygens (including phenoxy) is 2. The molecule has 0 aliphatic carbocycles. The largest absolute Gasteiger partial charge is 0.493 e. The standard InChI is InChI=1S/C19H21F2NO5S/c1-12-4-6-14(28(3,24)25)11-15(12)18(23)22-9-8-13-5-7-16(26-2)17(10-13)27-19(20)21/h4-7,10-11,19H,8-9H2,1-3H3,(H,22,23). The lowest BCUT2D eigenvalue weighted by molar-refractivity contribution is -0.0512. The highest BCUT2D eigenvalue weighted by Gasteiger charge is 2.15. The molecule has 0 aliphatic heterocycles. The monoisotopic (exact) mass is 413 g/mol. The first-order valence-corrected chi connectivity index (χ1v) is 10.2. The summed E-state index contributed by atoms with van der Waals surface area (Å²) in [6.45, 7) is -1.05. The van der Waals surface area contributed by atoms with E-state index in [4.69, 9.17) is 4.74 Å². The predicted molar refractivity (Wildman–Crippen MR) is 100.0 cm³/mol. The zero-order chi connectivity index (χ0) is 20.9. The molecule has 2 aromatic rings. The Morgan fingerprint density at radius 3 is 2.46 bits per heavy atom. The number of hydrogen-bond acceptors (Lipinski definition) is 5. The van der Waals surface area contributed by atoms with Gasteiger partial charge in [0, 0.05) is 18.4 Å². The van der Waals surface area contributed by atoms with Gasteiger partial charge >= 0.3 is 6.61 Å². The van der Waals surface area contributed by atoms with E-state index in [2.05, 4.69) is 10.1 Å². The summed E-state index contributed by atoms with van der Waals surface area (Å²) in [7, 11) is -2.08. The van der Waals surface area contributed by atoms with Crippen LogP contribution in [0.2, 0.25) is 0 Å². The van der Waals surface area contributed by atoms with Crippen molar-refractivity contribution in [2.24, 2.45) is 0 Å². The van der Waals surface area contributed by atoms with Crippen molar-refractivity contribution in [3.05, 3.63) is 53.1 Å². The van der Waals surface area contributed by atoms with Gasteiger partial charge in [0.15, 0.2) is 21.3 Å². The number of hydrogen-bond donors (Lipinski definition) is 1. The fourth-order valence-corrected chi connectivity index (χ4v) is 3.20. The van der Waals surface area contributed by atoms with Crippen LogP contribution < -0.4 is 14.8 Å². The fourth-order valence-electron chi connectivity index (χ4n) is 2.56. The van der Waals surface area contributed by atoms with Crippen LogP contribution in [-0.4, -0.2) is 40.8 Å². The van der Waals surface area contributed by atoms with Crippen LogP contribution in [-0.2, 0) is 16.3 Å². The molecule has 0 spiro atoms. The Bertz CT molecular complexity index is 961. The van der Waals surface area contributed by atoms with Crippen molar-refractivity contribution in [2.45, 2.75) is 24.9 Å². The summed E-state index contributed by atoms with van der Waals surface area (Å²) >= 11 is 0. The van der Waals surface area contributed by atoms with E-state index in [-0.39, 0.29) is 28.5 Å². The van der Waals surface area contributed by atoms with Gasteiger partial charge in [0.2, 0.25) is 0 Å². The van der Waals surface area contributed by atoms with Crippen LogP contribution in [0.15, 0.2) is 41.3 Å². The van der Waals surface area contributed by atoms with E-state index in [0.717, 1.165) is 6.26 Å². The zero-order valence-corrected chi connectivity index (χ0v) is 16.5. The van der Waals surface area contributed by atoms with Crippen molar-refractivity contribution >= 4 is 15.7 Å². The maximum atomic E-state index is 12.5. The van der Waals surface area contributed by atoms with E-state index in [1.54, 1.807) is 19.1 Å². The molecule has 0 radical (unpaired) electrons. The Morgan fingerprint density at radius 1 is 1.14 bits per heavy atom. The van der Waals surface area contributed by atoms with Gasteiger partial charge in [-0.3, -0.25) is 4.79 Å². The van der Waals surface area contributed by atoms with Crippen LogP contribution in [0.4, 0.5) is 8.78 Å². The second-order valence-corrected chi connectivity index (χ2v) is 8.13. The number of benzene rings is 2. The van der Waals surface area contributed by atoms with Gasteiger partial charge < -0.3 is 14.8 Å². The van der Waals surface area contributed by atoms with Gasteiger partial charge in [-0.05, 0) is 48.7 Å². The molecular formula is C19H21F2NO5S. The van der Waals surface area contributed by atoms with Gasteiger partial charge in [0.25, 0.3) is 5.91 Å². The molecule has 2 rings (SSSR count). The molecule has 0 heterocycles. The van der Waals surface area contributed by atoms with Crippen LogP contribution in [0.3, 0.4) is 0 Å². The molecule has 0 fully saturated rings. The van der Waals surface area contributed by atoms with Crippen LogP contribution >= 0.6 is 0 Å². The summed E-state index contributed by atoms with van der Waals surface area (Å²) in [5, 5.41) is 2.70. The first-order valence-electron chi connectivity index (χ1n) is 8.32. The highest BCUT2D eigenvalue weighted by Crippen LogP contribution is 2.29. The number of nitrogens with one attached hydrogen (secondary N) is 1. The van der Waals surface area contributed by atoms with Gasteiger partial charge in [-0.2, -0.15) is 8.78 Å². The Morgan fingerprint density at radius 2 is 1.86 bits per heavy atom. The van der Waals surface area contributed by atoms with Crippen LogP contribution in [0.1, 0.15) is 21.5 Å². The second kappa shape index (κ2) is 9.01. The van der Waals surface area contributed by atoms with Crippen molar-refractivity contribution in [1.29, 1.82) is 0 Å². The van der Waals surface area contributed by atoms with Crippen LogP contribution in [0.25, 0.3) is 0 Å². The first kappa shape index (κ1) is 21.6. The van der Waals surface area contributed by atoms with Crippen molar-refractivity contribution in [2.75, 3.05) is 19.9 Å². The lowest BCUT2D eigenvalue weighted by Gasteiger charge is -2.12. The van der Waals surface area contributed by atoms with E-state index in [0.29, 0.717) is 17.5 Å². The molecule has 152 valence electrons. The quantitative estimate of drug-likeness (QED) is 0.720. The zero-order valence-electron chi connectivity index (χ0n) is 15.7. The smallest absolute Gasteiger partial charge is 0.387 e. The summed E-state index contributed by atoms with van der Waals surface area (Å²) in [4.78, 5) is 12.5. The Labute approximate surface area is 162 Å². The van der Waals surface area contributed by atoms with Crippen molar-refractivity contribution in [3.63, 3.8) is 0 Å². The first-order chi connectivity index (χ1) is 13.1. The lowest BCUT2D eigenvalue weighted by atomic mass is 10.1. The summed E-state index contributed by atoms with van der Waals surface area (Å²) in [6.07, 6.45) is 1.43. The van der Waals surface area contributed by atoms with Crippen LogP contribution in [0.5, 0.6) is 11.5 Å². The topological polar surface area (TPSA) is 81.7 Å². The maximum Gasteiger partial charge on any atom is 0.387 e. The number of sulfone groups is 1. The number of carbonyl (C=O) groups excluding carboxylic acids is 1. The third-order valence-corrected chi connectivity index (χ3v) is 5.14. The highest BCUT2D eigenvalue weighted by atomic mass is 32.2. The number of carbonyl (C=O) groups is 1. The molecule has 0 bridgehead atoms. The number of methoxy groups -OCH3 is 1. The minimum atomic E-state index is -3.43. The SMILES string of the molecule is COc1ccc(CCNC(=O)c2cc(S(C)(=O)=O)ccc2C)cc1OC(F)F. The number of aryl methyl sites for hydroxylation is 1. The normalized spacial score (nSPS) is 11.4. The maximum absolute atomic E-state index is 12.5. The molecule has 1 N–H and O–H groups in total. The molecule has 0 unspecified atom stereocenters. The summed E-state index contributed by atoms with van der Waals surface area (Å²) < 4.78 is 57.7. The molecular weight excluding hydrogens is 392 g/mol. The molecule has 2 aromatic carbocycles. The Hall–Kier alpha value is -2.68. The van der Waals surface area contributed by atoms with E-state index in [9.17, 15) is 22.0 Å². The van der Waals surface area contributed by atoms with Crippen molar-refractivity contribution in [3.8, 4) is 11.5 Å². The van der Waals surface area contributed by atoms with Gasteiger partial charge in [-0.25, -0.2) is 8.42 Å². The molecule has 28 heavy (non-hydrogen) atoms. The fraction of sp³-hybridized carbons (Fsp3) is 0.316. The summed E-state index contributed by atoms with van der Waals surface area (Å²) in [6, 6.07) is 8.97. The van der Waals surface area contributed by atoms with Crippen molar-refractivity contribution in [1.82, 2.24) is 5.32 Å². The number of alkyl halides is 2. The molecule has 0 saturated carbocycles. The molecule has 1 amide bonds. The third-order valence-electron chi connectivity index (χ3n) is 4.03. The van der Waals surface area contributed by atoms with Crippen LogP contribution in [0, 0.1) is 6.92 Å². The Kier molecular flexibility index (Phi) is 6.95. The van der Waals surface area contributed by atoms with E-state index >= 15 is 0 Å². The Balaban J connectivity index is 2.06. The molecule has 9 heteroatoms. The van der Waals surface area contributed by atoms with Gasteiger partial charge in [0.05, 0.1) is 12.0 Å². The van der Waals surface area contributed by atoms with Gasteiger partial charge in [-0.1, -0.05) is 12.1 Å². The predicted octanol–water partition coefficient (Wildman–Crippen LogP) is 2.98. The average molecular weight is 413 g/mol. The minimum absolute atomic E-state index is 0.0622. The molecule has 0 aromatic heterocycles. The highest BCUT2D eigenvalue weighted by molar-refractivity contribution is 7.90. The second-order valence-electron chi connectivity index (χ2n) is 6.12. The van der Waals surface area contributed by atoms with Crippen molar-refractivity contribution < 1.29 is 31.5 Å². The number of halogens is 2. The molecule has 6 nitrogen and oxygen atoms in total. The lowest BCUT2D eigenvalue weighted by Crippen LogP contribution is -2.26. The van der Waals surface area contributed by atoms with Gasteiger partial charge in [0.1, 0.15) is 0 Å². The minimum Gasteiger partial charge on any atom is -0.493 e. The van der Waals surface area contributed by atoms with Gasteiger partial charge in [-0.15, -0.1) is 0 Å². The summed E-state index contributed by atoms with van der Waals surface area (Å²) in [5.74, 6) is -0.320.